The maximum atomic E-state index is 12.0. The molecule has 0 aliphatic carbocycles. The van der Waals surface area contributed by atoms with Crippen LogP contribution in [0.1, 0.15) is 34.9 Å². The molecule has 3 rings (SSSR count). The van der Waals surface area contributed by atoms with Crippen molar-refractivity contribution in [1.29, 1.82) is 0 Å². The van der Waals surface area contributed by atoms with Crippen molar-refractivity contribution in [3.8, 4) is 0 Å². The summed E-state index contributed by atoms with van der Waals surface area (Å²) in [5.74, 6) is 0.304. The molecule has 0 radical (unpaired) electrons. The quantitative estimate of drug-likeness (QED) is 0.947. The highest BCUT2D eigenvalue weighted by Gasteiger charge is 2.21. The number of likely N-dealkylation sites (tertiary alicyclic amines) is 1. The predicted molar refractivity (Wildman–Crippen MR) is 83.8 cm³/mol. The minimum absolute atomic E-state index is 0.208. The Morgan fingerprint density at radius 3 is 2.90 bits per heavy atom. The Morgan fingerprint density at radius 2 is 2.19 bits per heavy atom. The van der Waals surface area contributed by atoms with E-state index in [-0.39, 0.29) is 5.91 Å². The number of aromatic nitrogens is 2. The van der Waals surface area contributed by atoms with Gasteiger partial charge in [0.1, 0.15) is 5.69 Å². The fourth-order valence-electron chi connectivity index (χ4n) is 2.49. The van der Waals surface area contributed by atoms with Gasteiger partial charge in [0.25, 0.3) is 5.91 Å². The number of hydrogen-bond acceptors (Lipinski definition) is 5. The summed E-state index contributed by atoms with van der Waals surface area (Å²) in [7, 11) is 2.15. The summed E-state index contributed by atoms with van der Waals surface area (Å²) in [6.45, 7) is 2.22. The van der Waals surface area contributed by atoms with Gasteiger partial charge >= 0.3 is 0 Å². The van der Waals surface area contributed by atoms with Gasteiger partial charge in [0, 0.05) is 17.5 Å². The van der Waals surface area contributed by atoms with Crippen LogP contribution < -0.4 is 5.32 Å². The summed E-state index contributed by atoms with van der Waals surface area (Å²) in [5.41, 5.74) is 1.51. The molecule has 6 heteroatoms. The summed E-state index contributed by atoms with van der Waals surface area (Å²) in [4.78, 5) is 23.0. The van der Waals surface area contributed by atoms with Crippen LogP contribution in [0.25, 0.3) is 0 Å². The van der Waals surface area contributed by atoms with E-state index in [4.69, 9.17) is 0 Å². The van der Waals surface area contributed by atoms with Gasteiger partial charge in [-0.25, -0.2) is 4.98 Å². The number of carbonyl (C=O) groups is 1. The second kappa shape index (κ2) is 6.32. The average Bonchev–Trinajstić information content (AvgIpc) is 2.97. The molecule has 1 N–H and O–H groups in total. The Bertz CT molecular complexity index is 605. The number of nitrogens with zero attached hydrogens (tertiary/aromatic N) is 3. The number of piperidine rings is 1. The molecule has 1 saturated heterocycles. The van der Waals surface area contributed by atoms with Crippen molar-refractivity contribution in [2.45, 2.75) is 18.8 Å². The highest BCUT2D eigenvalue weighted by molar-refractivity contribution is 7.14. The van der Waals surface area contributed by atoms with Gasteiger partial charge in [-0.1, -0.05) is 6.07 Å². The number of rotatable bonds is 3. The Balaban J connectivity index is 1.64. The van der Waals surface area contributed by atoms with Gasteiger partial charge in [-0.15, -0.1) is 11.3 Å². The fraction of sp³-hybridized carbons (Fsp3) is 0.400. The van der Waals surface area contributed by atoms with Crippen LogP contribution >= 0.6 is 11.3 Å². The van der Waals surface area contributed by atoms with Crippen LogP contribution in [0.4, 0.5) is 5.13 Å². The third kappa shape index (κ3) is 3.46. The molecule has 5 nitrogen and oxygen atoms in total. The molecule has 3 heterocycles. The van der Waals surface area contributed by atoms with Crippen molar-refractivity contribution in [3.63, 3.8) is 0 Å². The largest absolute Gasteiger partial charge is 0.306 e. The summed E-state index contributed by atoms with van der Waals surface area (Å²) < 4.78 is 0. The molecule has 21 heavy (non-hydrogen) atoms. The van der Waals surface area contributed by atoms with Crippen molar-refractivity contribution < 1.29 is 4.79 Å². The number of amides is 1. The summed E-state index contributed by atoms with van der Waals surface area (Å²) >= 11 is 1.48. The van der Waals surface area contributed by atoms with Crippen molar-refractivity contribution >= 4 is 22.4 Å². The molecule has 0 aromatic carbocycles. The van der Waals surface area contributed by atoms with Crippen LogP contribution in [0.5, 0.6) is 0 Å². The van der Waals surface area contributed by atoms with Crippen LogP contribution in [0.2, 0.25) is 0 Å². The second-order valence-electron chi connectivity index (χ2n) is 5.32. The van der Waals surface area contributed by atoms with Gasteiger partial charge in [0.2, 0.25) is 0 Å². The molecule has 0 unspecified atom stereocenters. The number of anilines is 1. The normalized spacial score (nSPS) is 16.8. The van der Waals surface area contributed by atoms with E-state index < -0.39 is 0 Å². The van der Waals surface area contributed by atoms with Crippen LogP contribution in [0.3, 0.4) is 0 Å². The number of hydrogen-bond donors (Lipinski definition) is 1. The van der Waals surface area contributed by atoms with E-state index in [9.17, 15) is 4.79 Å². The van der Waals surface area contributed by atoms with Crippen molar-refractivity contribution in [1.82, 2.24) is 14.9 Å². The van der Waals surface area contributed by atoms with E-state index in [0.717, 1.165) is 31.6 Å². The smallest absolute Gasteiger partial charge is 0.276 e. The van der Waals surface area contributed by atoms with Crippen molar-refractivity contribution in [2.24, 2.45) is 0 Å². The molecule has 1 fully saturated rings. The first-order valence-electron chi connectivity index (χ1n) is 7.09. The molecule has 110 valence electrons. The molecule has 0 saturated carbocycles. The van der Waals surface area contributed by atoms with Crippen molar-refractivity contribution in [3.05, 3.63) is 41.2 Å². The molecule has 2 aromatic rings. The molecular weight excluding hydrogens is 284 g/mol. The van der Waals surface area contributed by atoms with Crippen LogP contribution in [-0.4, -0.2) is 40.9 Å². The van der Waals surface area contributed by atoms with Gasteiger partial charge in [-0.2, -0.15) is 0 Å². The minimum Gasteiger partial charge on any atom is -0.306 e. The van der Waals surface area contributed by atoms with Gasteiger partial charge in [-0.05, 0) is 45.1 Å². The van der Waals surface area contributed by atoms with Crippen LogP contribution in [0, 0.1) is 0 Å². The van der Waals surface area contributed by atoms with E-state index in [2.05, 4.69) is 32.6 Å². The second-order valence-corrected chi connectivity index (χ2v) is 6.18. The zero-order valence-electron chi connectivity index (χ0n) is 12.0. The molecule has 2 aromatic heterocycles. The molecule has 1 aliphatic rings. The Morgan fingerprint density at radius 1 is 1.38 bits per heavy atom. The number of nitrogens with one attached hydrogen (secondary N) is 1. The first kappa shape index (κ1) is 14.2. The summed E-state index contributed by atoms with van der Waals surface area (Å²) in [6, 6.07) is 5.28. The Labute approximate surface area is 128 Å². The summed E-state index contributed by atoms with van der Waals surface area (Å²) in [6.07, 6.45) is 3.88. The molecular formula is C15H18N4OS. The summed E-state index contributed by atoms with van der Waals surface area (Å²) in [5, 5.41) is 5.53. The molecule has 0 atom stereocenters. The van der Waals surface area contributed by atoms with Gasteiger partial charge < -0.3 is 4.90 Å². The number of carbonyl (C=O) groups excluding carboxylic acids is 1. The first-order chi connectivity index (χ1) is 10.2. The van der Waals surface area contributed by atoms with Gasteiger partial charge in [-0.3, -0.25) is 15.1 Å². The van der Waals surface area contributed by atoms with E-state index in [0.29, 0.717) is 16.7 Å². The topological polar surface area (TPSA) is 58.1 Å². The highest BCUT2D eigenvalue weighted by Crippen LogP contribution is 2.30. The average molecular weight is 302 g/mol. The lowest BCUT2D eigenvalue weighted by Gasteiger charge is -2.27. The van der Waals surface area contributed by atoms with E-state index in [1.165, 1.54) is 11.3 Å². The zero-order chi connectivity index (χ0) is 14.7. The maximum absolute atomic E-state index is 12.0. The van der Waals surface area contributed by atoms with Gasteiger partial charge in [0.15, 0.2) is 5.13 Å². The first-order valence-corrected chi connectivity index (χ1v) is 7.96. The third-order valence-corrected chi connectivity index (χ3v) is 4.55. The Kier molecular flexibility index (Phi) is 4.26. The standard InChI is InChI=1S/C15H18N4OS/c1-19-8-5-11(6-9-19)13-10-21-15(17-13)18-14(20)12-4-2-3-7-16-12/h2-4,7,10-11H,5-6,8-9H2,1H3,(H,17,18,20). The number of pyridine rings is 1. The van der Waals surface area contributed by atoms with Gasteiger partial charge in [0.05, 0.1) is 5.69 Å². The SMILES string of the molecule is CN1CCC(c2csc(NC(=O)c3ccccn3)n2)CC1. The maximum Gasteiger partial charge on any atom is 0.276 e. The highest BCUT2D eigenvalue weighted by atomic mass is 32.1. The minimum atomic E-state index is -0.208. The lowest BCUT2D eigenvalue weighted by molar-refractivity contribution is 0.102. The van der Waals surface area contributed by atoms with E-state index >= 15 is 0 Å². The zero-order valence-corrected chi connectivity index (χ0v) is 12.8. The molecule has 0 bridgehead atoms. The Hall–Kier alpha value is -1.79. The molecule has 1 amide bonds. The van der Waals surface area contributed by atoms with Crippen LogP contribution in [-0.2, 0) is 0 Å². The number of thiazole rings is 1. The third-order valence-electron chi connectivity index (χ3n) is 3.78. The lowest BCUT2D eigenvalue weighted by atomic mass is 9.95. The molecule has 0 spiro atoms. The predicted octanol–water partition coefficient (Wildman–Crippen LogP) is 2.60. The fourth-order valence-corrected chi connectivity index (χ4v) is 3.28. The van der Waals surface area contributed by atoms with E-state index in [1.807, 2.05) is 0 Å². The van der Waals surface area contributed by atoms with E-state index in [1.54, 1.807) is 24.4 Å². The lowest BCUT2D eigenvalue weighted by Crippen LogP contribution is -2.29. The monoisotopic (exact) mass is 302 g/mol. The van der Waals surface area contributed by atoms with Crippen LogP contribution in [0.15, 0.2) is 29.8 Å². The molecule has 1 aliphatic heterocycles. The van der Waals surface area contributed by atoms with Crippen molar-refractivity contribution in [2.75, 3.05) is 25.5 Å².